The minimum atomic E-state index is -0.536. The maximum absolute atomic E-state index is 11.0. The van der Waals surface area contributed by atoms with Gasteiger partial charge in [0.2, 0.25) is 0 Å². The molecule has 1 rings (SSSR count). The number of hydrogen-bond acceptors (Lipinski definition) is 5. The molecule has 70 valence electrons. The fourth-order valence-corrected chi connectivity index (χ4v) is 0.853. The Bertz CT molecular complexity index is 325. The summed E-state index contributed by atoms with van der Waals surface area (Å²) >= 11 is 0. The fraction of sp³-hybridized carbons (Fsp3) is 0.250. The van der Waals surface area contributed by atoms with Gasteiger partial charge in [-0.05, 0) is 0 Å². The summed E-state index contributed by atoms with van der Waals surface area (Å²) in [5.41, 5.74) is 5.57. The van der Waals surface area contributed by atoms with Gasteiger partial charge in [-0.3, -0.25) is 0 Å². The van der Waals surface area contributed by atoms with Crippen molar-refractivity contribution in [3.05, 3.63) is 17.8 Å². The van der Waals surface area contributed by atoms with Crippen LogP contribution in [-0.4, -0.2) is 25.2 Å². The van der Waals surface area contributed by atoms with Crippen LogP contribution in [0.2, 0.25) is 0 Å². The van der Waals surface area contributed by atoms with E-state index in [-0.39, 0.29) is 11.5 Å². The largest absolute Gasteiger partial charge is 0.497 e. The van der Waals surface area contributed by atoms with Crippen LogP contribution in [0.3, 0.4) is 0 Å². The van der Waals surface area contributed by atoms with Crippen molar-refractivity contribution in [1.82, 2.24) is 4.98 Å². The predicted octanol–water partition coefficient (Wildman–Crippen LogP) is 0.459. The van der Waals surface area contributed by atoms with Gasteiger partial charge in [-0.2, -0.15) is 0 Å². The van der Waals surface area contributed by atoms with E-state index in [1.54, 1.807) is 0 Å². The van der Waals surface area contributed by atoms with E-state index in [1.807, 2.05) is 0 Å². The first-order chi connectivity index (χ1) is 6.17. The number of rotatable bonds is 2. The van der Waals surface area contributed by atoms with Crippen LogP contribution >= 0.6 is 0 Å². The Kier molecular flexibility index (Phi) is 2.69. The van der Waals surface area contributed by atoms with Gasteiger partial charge in [0, 0.05) is 12.1 Å². The number of carbonyl (C=O) groups is 1. The smallest absolute Gasteiger partial charge is 0.356 e. The summed E-state index contributed by atoms with van der Waals surface area (Å²) in [5, 5.41) is 0. The average Bonchev–Trinajstić information content (AvgIpc) is 2.15. The van der Waals surface area contributed by atoms with Gasteiger partial charge in [0.1, 0.15) is 11.6 Å². The molecule has 13 heavy (non-hydrogen) atoms. The Balaban J connectivity index is 3.08. The Labute approximate surface area is 75.5 Å². The van der Waals surface area contributed by atoms with Gasteiger partial charge in [0.15, 0.2) is 5.69 Å². The third-order valence-corrected chi connectivity index (χ3v) is 1.45. The van der Waals surface area contributed by atoms with Crippen LogP contribution in [0, 0.1) is 0 Å². The second-order valence-corrected chi connectivity index (χ2v) is 2.31. The number of ether oxygens (including phenoxy) is 2. The van der Waals surface area contributed by atoms with E-state index in [2.05, 4.69) is 9.72 Å². The first-order valence-electron chi connectivity index (χ1n) is 3.57. The monoisotopic (exact) mass is 182 g/mol. The van der Waals surface area contributed by atoms with E-state index in [1.165, 1.54) is 26.4 Å². The highest BCUT2D eigenvalue weighted by Crippen LogP contribution is 2.15. The average molecular weight is 182 g/mol. The molecule has 5 nitrogen and oxygen atoms in total. The molecule has 5 heteroatoms. The number of nitrogens with zero attached hydrogens (tertiary/aromatic N) is 1. The van der Waals surface area contributed by atoms with Crippen molar-refractivity contribution in [2.45, 2.75) is 0 Å². The Morgan fingerprint density at radius 1 is 1.46 bits per heavy atom. The summed E-state index contributed by atoms with van der Waals surface area (Å²) in [6.07, 6.45) is 0. The van der Waals surface area contributed by atoms with Crippen LogP contribution in [0.4, 0.5) is 5.82 Å². The van der Waals surface area contributed by atoms with E-state index in [9.17, 15) is 4.79 Å². The third-order valence-electron chi connectivity index (χ3n) is 1.45. The van der Waals surface area contributed by atoms with Crippen LogP contribution < -0.4 is 10.5 Å². The minimum absolute atomic E-state index is 0.138. The maximum Gasteiger partial charge on any atom is 0.356 e. The zero-order valence-corrected chi connectivity index (χ0v) is 7.40. The highest BCUT2D eigenvalue weighted by molar-refractivity contribution is 5.88. The highest BCUT2D eigenvalue weighted by Gasteiger charge is 2.09. The molecular weight excluding hydrogens is 172 g/mol. The highest BCUT2D eigenvalue weighted by atomic mass is 16.5. The Hall–Kier alpha value is -1.78. The minimum Gasteiger partial charge on any atom is -0.497 e. The van der Waals surface area contributed by atoms with E-state index >= 15 is 0 Å². The Morgan fingerprint density at radius 3 is 2.69 bits per heavy atom. The van der Waals surface area contributed by atoms with Gasteiger partial charge in [-0.25, -0.2) is 9.78 Å². The summed E-state index contributed by atoms with van der Waals surface area (Å²) in [6, 6.07) is 2.98. The molecule has 2 N–H and O–H groups in total. The first kappa shape index (κ1) is 9.31. The number of anilines is 1. The number of aromatic nitrogens is 1. The SMILES string of the molecule is COC(=O)c1cc(OC)cc(N)n1. The Morgan fingerprint density at radius 2 is 2.15 bits per heavy atom. The van der Waals surface area contributed by atoms with Gasteiger partial charge in [0.05, 0.1) is 14.2 Å². The summed E-state index contributed by atoms with van der Waals surface area (Å²) in [7, 11) is 2.76. The zero-order valence-electron chi connectivity index (χ0n) is 7.40. The molecule has 0 spiro atoms. The molecule has 1 aromatic heterocycles. The molecule has 0 fully saturated rings. The fourth-order valence-electron chi connectivity index (χ4n) is 0.853. The number of nitrogen functional groups attached to an aromatic ring is 1. The predicted molar refractivity (Wildman–Crippen MR) is 46.5 cm³/mol. The first-order valence-corrected chi connectivity index (χ1v) is 3.57. The standard InChI is InChI=1S/C8H10N2O3/c1-12-5-3-6(8(11)13-2)10-7(9)4-5/h3-4H,1-2H3,(H2,9,10). The molecule has 0 radical (unpaired) electrons. The molecule has 0 amide bonds. The molecule has 0 atom stereocenters. The number of esters is 1. The molecule has 0 aliphatic rings. The molecule has 1 heterocycles. The number of hydrogen-bond donors (Lipinski definition) is 1. The van der Waals surface area contributed by atoms with E-state index in [4.69, 9.17) is 10.5 Å². The molecule has 0 aromatic carbocycles. The molecule has 0 saturated heterocycles. The van der Waals surface area contributed by atoms with E-state index in [0.29, 0.717) is 5.75 Å². The topological polar surface area (TPSA) is 74.4 Å². The van der Waals surface area contributed by atoms with Gasteiger partial charge in [-0.1, -0.05) is 0 Å². The summed E-state index contributed by atoms with van der Waals surface area (Å²) < 4.78 is 9.38. The lowest BCUT2D eigenvalue weighted by molar-refractivity contribution is 0.0594. The van der Waals surface area contributed by atoms with Crippen molar-refractivity contribution < 1.29 is 14.3 Å². The summed E-state index contributed by atoms with van der Waals surface area (Å²) in [4.78, 5) is 14.8. The molecule has 0 bridgehead atoms. The zero-order chi connectivity index (χ0) is 9.84. The summed E-state index contributed by atoms with van der Waals surface area (Å²) in [6.45, 7) is 0. The molecular formula is C8H10N2O3. The van der Waals surface area contributed by atoms with Crippen molar-refractivity contribution in [2.75, 3.05) is 20.0 Å². The van der Waals surface area contributed by atoms with E-state index < -0.39 is 5.97 Å². The maximum atomic E-state index is 11.0. The lowest BCUT2D eigenvalue weighted by atomic mass is 10.3. The molecule has 0 aliphatic heterocycles. The van der Waals surface area contributed by atoms with Crippen LogP contribution in [0.5, 0.6) is 5.75 Å². The van der Waals surface area contributed by atoms with E-state index in [0.717, 1.165) is 0 Å². The lowest BCUT2D eigenvalue weighted by Crippen LogP contribution is -2.06. The molecule has 1 aromatic rings. The van der Waals surface area contributed by atoms with Gasteiger partial charge in [0.25, 0.3) is 0 Å². The number of pyridine rings is 1. The van der Waals surface area contributed by atoms with Crippen LogP contribution in [0.1, 0.15) is 10.5 Å². The van der Waals surface area contributed by atoms with Crippen LogP contribution in [0.15, 0.2) is 12.1 Å². The summed E-state index contributed by atoms with van der Waals surface area (Å²) in [5.74, 6) is 0.165. The van der Waals surface area contributed by atoms with Gasteiger partial charge < -0.3 is 15.2 Å². The second-order valence-electron chi connectivity index (χ2n) is 2.31. The quantitative estimate of drug-likeness (QED) is 0.672. The number of methoxy groups -OCH3 is 2. The van der Waals surface area contributed by atoms with Crippen LogP contribution in [0.25, 0.3) is 0 Å². The van der Waals surface area contributed by atoms with Crippen molar-refractivity contribution in [3.8, 4) is 5.75 Å². The van der Waals surface area contributed by atoms with Crippen molar-refractivity contribution in [2.24, 2.45) is 0 Å². The van der Waals surface area contributed by atoms with Crippen molar-refractivity contribution in [3.63, 3.8) is 0 Å². The van der Waals surface area contributed by atoms with Crippen molar-refractivity contribution in [1.29, 1.82) is 0 Å². The molecule has 0 unspecified atom stereocenters. The van der Waals surface area contributed by atoms with Crippen molar-refractivity contribution >= 4 is 11.8 Å². The molecule has 0 saturated carbocycles. The second kappa shape index (κ2) is 3.75. The third kappa shape index (κ3) is 2.08. The van der Waals surface area contributed by atoms with Gasteiger partial charge >= 0.3 is 5.97 Å². The number of nitrogens with two attached hydrogens (primary N) is 1. The van der Waals surface area contributed by atoms with Crippen LogP contribution in [-0.2, 0) is 4.74 Å². The van der Waals surface area contributed by atoms with Gasteiger partial charge in [-0.15, -0.1) is 0 Å². The normalized spacial score (nSPS) is 9.38. The lowest BCUT2D eigenvalue weighted by Gasteiger charge is -2.03. The number of carbonyl (C=O) groups excluding carboxylic acids is 1. The molecule has 0 aliphatic carbocycles.